The van der Waals surface area contributed by atoms with Gasteiger partial charge >= 0.3 is 0 Å². The Labute approximate surface area is 151 Å². The molecule has 132 valence electrons. The first-order valence-electron chi connectivity index (χ1n) is 8.13. The molecule has 1 heterocycles. The second-order valence-corrected chi connectivity index (χ2v) is 6.30. The Balaban J connectivity index is 2.15. The van der Waals surface area contributed by atoms with Crippen molar-refractivity contribution in [3.05, 3.63) is 68.7 Å². The number of methoxy groups -OCH3 is 1. The van der Waals surface area contributed by atoms with E-state index in [1.807, 2.05) is 24.3 Å². The molecule has 0 bridgehead atoms. The van der Waals surface area contributed by atoms with Crippen LogP contribution in [-0.4, -0.2) is 43.1 Å². The fourth-order valence-corrected chi connectivity index (χ4v) is 3.49. The van der Waals surface area contributed by atoms with Crippen molar-refractivity contribution in [3.63, 3.8) is 0 Å². The van der Waals surface area contributed by atoms with Gasteiger partial charge < -0.3 is 10.1 Å². The first kappa shape index (κ1) is 17.7. The molecular formula is C18H20ClN3O3. The van der Waals surface area contributed by atoms with E-state index >= 15 is 0 Å². The number of hydrogen-bond donors (Lipinski definition) is 1. The predicted octanol–water partition coefficient (Wildman–Crippen LogP) is 3.25. The molecule has 1 N–H and O–H groups in total. The van der Waals surface area contributed by atoms with E-state index < -0.39 is 0 Å². The average molecular weight is 362 g/mol. The smallest absolute Gasteiger partial charge is 0.270 e. The quantitative estimate of drug-likeness (QED) is 0.654. The first-order chi connectivity index (χ1) is 12.1. The highest BCUT2D eigenvalue weighted by molar-refractivity contribution is 6.31. The zero-order valence-electron chi connectivity index (χ0n) is 13.9. The Kier molecular flexibility index (Phi) is 5.53. The monoisotopic (exact) mass is 361 g/mol. The largest absolute Gasteiger partial charge is 0.496 e. The van der Waals surface area contributed by atoms with Gasteiger partial charge in [-0.15, -0.1) is 0 Å². The van der Waals surface area contributed by atoms with Gasteiger partial charge in [-0.2, -0.15) is 0 Å². The molecule has 0 radical (unpaired) electrons. The molecule has 1 aliphatic rings. The average Bonchev–Trinajstić information content (AvgIpc) is 2.64. The van der Waals surface area contributed by atoms with Crippen LogP contribution in [0.1, 0.15) is 17.2 Å². The highest BCUT2D eigenvalue weighted by Gasteiger charge is 2.29. The molecule has 6 nitrogen and oxygen atoms in total. The standard InChI is InChI=1S/C18H20ClN3O3/c1-25-17-7-6-13(22(23)24)12-15(17)18(21-10-8-20-9-11-21)14-4-2-3-5-16(14)19/h2-7,12,18,20H,8-11H2,1H3. The third-order valence-electron chi connectivity index (χ3n) is 4.44. The minimum Gasteiger partial charge on any atom is -0.496 e. The first-order valence-corrected chi connectivity index (χ1v) is 8.51. The van der Waals surface area contributed by atoms with Crippen molar-refractivity contribution in [3.8, 4) is 5.75 Å². The van der Waals surface area contributed by atoms with Crippen LogP contribution in [0.5, 0.6) is 5.75 Å². The van der Waals surface area contributed by atoms with Gasteiger partial charge in [0.25, 0.3) is 5.69 Å². The van der Waals surface area contributed by atoms with Crippen molar-refractivity contribution >= 4 is 17.3 Å². The molecule has 2 aromatic carbocycles. The summed E-state index contributed by atoms with van der Waals surface area (Å²) in [6, 6.07) is 12.1. The number of nitrogens with one attached hydrogen (secondary N) is 1. The van der Waals surface area contributed by atoms with Gasteiger partial charge in [0.05, 0.1) is 18.1 Å². The zero-order valence-corrected chi connectivity index (χ0v) is 14.7. The van der Waals surface area contributed by atoms with E-state index in [9.17, 15) is 10.1 Å². The summed E-state index contributed by atoms with van der Waals surface area (Å²) in [5.74, 6) is 0.619. The van der Waals surface area contributed by atoms with Crippen molar-refractivity contribution in [2.24, 2.45) is 0 Å². The summed E-state index contributed by atoms with van der Waals surface area (Å²) in [6.07, 6.45) is 0. The van der Waals surface area contributed by atoms with Crippen molar-refractivity contribution in [1.29, 1.82) is 0 Å². The Morgan fingerprint density at radius 1 is 1.20 bits per heavy atom. The van der Waals surface area contributed by atoms with Crippen LogP contribution in [0, 0.1) is 10.1 Å². The summed E-state index contributed by atoms with van der Waals surface area (Å²) in [5.41, 5.74) is 1.72. The van der Waals surface area contributed by atoms with E-state index in [4.69, 9.17) is 16.3 Å². The number of nitro groups is 1. The third-order valence-corrected chi connectivity index (χ3v) is 4.78. The molecule has 25 heavy (non-hydrogen) atoms. The van der Waals surface area contributed by atoms with E-state index in [2.05, 4.69) is 10.2 Å². The second kappa shape index (κ2) is 7.82. The number of ether oxygens (including phenoxy) is 1. The van der Waals surface area contributed by atoms with Gasteiger partial charge in [-0.25, -0.2) is 0 Å². The molecule has 1 atom stereocenters. The van der Waals surface area contributed by atoms with Gasteiger partial charge in [0, 0.05) is 48.9 Å². The molecule has 0 saturated carbocycles. The zero-order chi connectivity index (χ0) is 17.8. The predicted molar refractivity (Wildman–Crippen MR) is 97.4 cm³/mol. The third kappa shape index (κ3) is 3.76. The Morgan fingerprint density at radius 3 is 2.56 bits per heavy atom. The number of non-ortho nitro benzene ring substituents is 1. The molecule has 0 aromatic heterocycles. The fourth-order valence-electron chi connectivity index (χ4n) is 3.25. The molecule has 1 unspecified atom stereocenters. The van der Waals surface area contributed by atoms with Crippen molar-refractivity contribution < 1.29 is 9.66 Å². The molecule has 0 amide bonds. The molecule has 7 heteroatoms. The van der Waals surface area contributed by atoms with Gasteiger partial charge in [0.15, 0.2) is 0 Å². The number of rotatable bonds is 5. The lowest BCUT2D eigenvalue weighted by atomic mass is 9.95. The molecule has 1 aliphatic heterocycles. The number of nitro benzene ring substituents is 1. The summed E-state index contributed by atoms with van der Waals surface area (Å²) in [6.45, 7) is 3.36. The summed E-state index contributed by atoms with van der Waals surface area (Å²) in [5, 5.41) is 15.2. The summed E-state index contributed by atoms with van der Waals surface area (Å²) < 4.78 is 5.51. The molecule has 1 saturated heterocycles. The van der Waals surface area contributed by atoms with E-state index in [1.165, 1.54) is 6.07 Å². The van der Waals surface area contributed by atoms with Gasteiger partial charge in [-0.1, -0.05) is 29.8 Å². The normalized spacial score (nSPS) is 16.4. The lowest BCUT2D eigenvalue weighted by Gasteiger charge is -2.36. The number of nitrogens with zero attached hydrogens (tertiary/aromatic N) is 2. The van der Waals surface area contributed by atoms with Gasteiger partial charge in [-0.05, 0) is 17.7 Å². The molecule has 3 rings (SSSR count). The Hall–Kier alpha value is -2.15. The van der Waals surface area contributed by atoms with E-state index in [0.717, 1.165) is 37.3 Å². The summed E-state index contributed by atoms with van der Waals surface area (Å²) in [7, 11) is 1.58. The molecule has 2 aromatic rings. The van der Waals surface area contributed by atoms with Crippen molar-refractivity contribution in [1.82, 2.24) is 10.2 Å². The molecule has 0 spiro atoms. The Bertz CT molecular complexity index is 763. The fraction of sp³-hybridized carbons (Fsp3) is 0.333. The molecule has 0 aliphatic carbocycles. The van der Waals surface area contributed by atoms with Crippen molar-refractivity contribution in [2.45, 2.75) is 6.04 Å². The van der Waals surface area contributed by atoms with E-state index in [-0.39, 0.29) is 16.7 Å². The lowest BCUT2D eigenvalue weighted by Crippen LogP contribution is -2.45. The maximum Gasteiger partial charge on any atom is 0.270 e. The van der Waals surface area contributed by atoms with Crippen LogP contribution in [0.4, 0.5) is 5.69 Å². The van der Waals surface area contributed by atoms with Crippen LogP contribution < -0.4 is 10.1 Å². The minimum absolute atomic E-state index is 0.0444. The molecule has 1 fully saturated rings. The summed E-state index contributed by atoms with van der Waals surface area (Å²) in [4.78, 5) is 13.2. The lowest BCUT2D eigenvalue weighted by molar-refractivity contribution is -0.385. The van der Waals surface area contributed by atoms with Gasteiger partial charge in [-0.3, -0.25) is 15.0 Å². The van der Waals surface area contributed by atoms with Crippen LogP contribution in [0.3, 0.4) is 0 Å². The van der Waals surface area contributed by atoms with Gasteiger partial charge in [0.2, 0.25) is 0 Å². The maximum absolute atomic E-state index is 11.3. The molecular weight excluding hydrogens is 342 g/mol. The van der Waals surface area contributed by atoms with E-state index in [0.29, 0.717) is 10.8 Å². The van der Waals surface area contributed by atoms with Crippen LogP contribution >= 0.6 is 11.6 Å². The minimum atomic E-state index is -0.385. The SMILES string of the molecule is COc1ccc([N+](=O)[O-])cc1C(c1ccccc1Cl)N1CCNCC1. The number of benzene rings is 2. The highest BCUT2D eigenvalue weighted by atomic mass is 35.5. The van der Waals surface area contributed by atoms with E-state index in [1.54, 1.807) is 19.2 Å². The topological polar surface area (TPSA) is 67.6 Å². The number of halogens is 1. The van der Waals surface area contributed by atoms with Crippen LogP contribution in [-0.2, 0) is 0 Å². The van der Waals surface area contributed by atoms with Crippen LogP contribution in [0.25, 0.3) is 0 Å². The Morgan fingerprint density at radius 2 is 1.92 bits per heavy atom. The number of piperazine rings is 1. The number of hydrogen-bond acceptors (Lipinski definition) is 5. The van der Waals surface area contributed by atoms with Crippen molar-refractivity contribution in [2.75, 3.05) is 33.3 Å². The maximum atomic E-state index is 11.3. The summed E-state index contributed by atoms with van der Waals surface area (Å²) >= 11 is 6.47. The van der Waals surface area contributed by atoms with Crippen LogP contribution in [0.2, 0.25) is 5.02 Å². The second-order valence-electron chi connectivity index (χ2n) is 5.89. The highest BCUT2D eigenvalue weighted by Crippen LogP contribution is 2.39. The van der Waals surface area contributed by atoms with Gasteiger partial charge in [0.1, 0.15) is 5.75 Å². The van der Waals surface area contributed by atoms with Crippen LogP contribution in [0.15, 0.2) is 42.5 Å².